The lowest BCUT2D eigenvalue weighted by molar-refractivity contribution is -0.0501. The molecule has 1 unspecified atom stereocenters. The van der Waals surface area contributed by atoms with Crippen LogP contribution >= 0.6 is 0 Å². The highest BCUT2D eigenvalue weighted by Gasteiger charge is 2.47. The third-order valence-electron chi connectivity index (χ3n) is 5.86. The lowest BCUT2D eigenvalue weighted by Crippen LogP contribution is -2.58. The van der Waals surface area contributed by atoms with Crippen molar-refractivity contribution >= 4 is 0 Å². The topological polar surface area (TPSA) is 21.3 Å². The van der Waals surface area contributed by atoms with Crippen LogP contribution in [0.2, 0.25) is 0 Å². The van der Waals surface area contributed by atoms with Gasteiger partial charge in [0.15, 0.2) is 0 Å². The summed E-state index contributed by atoms with van der Waals surface area (Å²) in [5, 5.41) is 3.40. The minimum absolute atomic E-state index is 0.150. The first-order chi connectivity index (χ1) is 10.2. The van der Waals surface area contributed by atoms with Gasteiger partial charge >= 0.3 is 0 Å². The van der Waals surface area contributed by atoms with E-state index in [1.165, 1.54) is 44.1 Å². The van der Waals surface area contributed by atoms with Crippen molar-refractivity contribution < 1.29 is 9.13 Å². The summed E-state index contributed by atoms with van der Waals surface area (Å²) in [6, 6.07) is 7.08. The van der Waals surface area contributed by atoms with Crippen molar-refractivity contribution in [3.8, 4) is 0 Å². The second-order valence-corrected chi connectivity index (χ2v) is 7.26. The molecule has 0 aromatic heterocycles. The monoisotopic (exact) mass is 289 g/mol. The third kappa shape index (κ3) is 2.40. The number of ether oxygens (including phenoxy) is 1. The van der Waals surface area contributed by atoms with Crippen LogP contribution in [0.1, 0.15) is 50.5 Å². The van der Waals surface area contributed by atoms with Crippen molar-refractivity contribution in [2.45, 2.75) is 62.1 Å². The van der Waals surface area contributed by atoms with Gasteiger partial charge in [-0.05, 0) is 49.8 Å². The molecule has 2 heterocycles. The molecule has 114 valence electrons. The zero-order valence-corrected chi connectivity index (χ0v) is 12.5. The molecule has 3 aliphatic rings. The van der Waals surface area contributed by atoms with Crippen LogP contribution in [0.5, 0.6) is 0 Å². The minimum atomic E-state index is -0.150. The summed E-state index contributed by atoms with van der Waals surface area (Å²) < 4.78 is 19.6. The van der Waals surface area contributed by atoms with Crippen LogP contribution in [0, 0.1) is 5.82 Å². The lowest BCUT2D eigenvalue weighted by Gasteiger charge is -2.45. The van der Waals surface area contributed by atoms with Crippen molar-refractivity contribution in [2.24, 2.45) is 0 Å². The van der Waals surface area contributed by atoms with E-state index in [-0.39, 0.29) is 16.8 Å². The Bertz CT molecular complexity index is 502. The van der Waals surface area contributed by atoms with Crippen molar-refractivity contribution in [1.29, 1.82) is 0 Å². The molecule has 3 heteroatoms. The van der Waals surface area contributed by atoms with Crippen LogP contribution < -0.4 is 5.32 Å². The van der Waals surface area contributed by atoms with Crippen LogP contribution in [0.3, 0.4) is 0 Å². The Balaban J connectivity index is 1.48. The molecule has 0 amide bonds. The summed E-state index contributed by atoms with van der Waals surface area (Å²) in [6.45, 7) is 1.98. The van der Waals surface area contributed by atoms with Gasteiger partial charge in [0.05, 0.1) is 11.7 Å². The Morgan fingerprint density at radius 1 is 1.10 bits per heavy atom. The molecule has 3 fully saturated rings. The van der Waals surface area contributed by atoms with Gasteiger partial charge in [-0.25, -0.2) is 4.39 Å². The quantitative estimate of drug-likeness (QED) is 0.919. The zero-order valence-electron chi connectivity index (χ0n) is 12.5. The first kappa shape index (κ1) is 13.7. The van der Waals surface area contributed by atoms with E-state index in [1.807, 2.05) is 12.1 Å². The normalized spacial score (nSPS) is 29.7. The van der Waals surface area contributed by atoms with Crippen LogP contribution in [0.4, 0.5) is 4.39 Å². The number of rotatable bonds is 3. The lowest BCUT2D eigenvalue weighted by atomic mass is 9.71. The molecule has 1 saturated carbocycles. The maximum atomic E-state index is 13.2. The molecule has 2 nitrogen and oxygen atoms in total. The van der Waals surface area contributed by atoms with E-state index in [0.717, 1.165) is 19.5 Å². The molecule has 1 atom stereocenters. The summed E-state index contributed by atoms with van der Waals surface area (Å²) in [7, 11) is 0. The molecule has 2 aliphatic heterocycles. The van der Waals surface area contributed by atoms with E-state index in [2.05, 4.69) is 5.32 Å². The van der Waals surface area contributed by atoms with Gasteiger partial charge < -0.3 is 10.1 Å². The van der Waals surface area contributed by atoms with Crippen molar-refractivity contribution in [3.63, 3.8) is 0 Å². The number of hydrogen-bond donors (Lipinski definition) is 1. The number of nitrogens with one attached hydrogen (secondary N) is 1. The summed E-state index contributed by atoms with van der Waals surface area (Å²) in [5.74, 6) is -0.150. The summed E-state index contributed by atoms with van der Waals surface area (Å²) in [4.78, 5) is 0. The molecule has 1 aromatic carbocycles. The Morgan fingerprint density at radius 2 is 1.81 bits per heavy atom. The average molecular weight is 289 g/mol. The zero-order chi connectivity index (χ0) is 14.3. The second kappa shape index (κ2) is 5.06. The first-order valence-electron chi connectivity index (χ1n) is 8.35. The van der Waals surface area contributed by atoms with Gasteiger partial charge in [-0.2, -0.15) is 0 Å². The number of hydrogen-bond acceptors (Lipinski definition) is 2. The maximum Gasteiger partial charge on any atom is 0.123 e. The molecule has 21 heavy (non-hydrogen) atoms. The second-order valence-electron chi connectivity index (χ2n) is 7.26. The predicted molar refractivity (Wildman–Crippen MR) is 80.9 cm³/mol. The van der Waals surface area contributed by atoms with Gasteiger partial charge in [0.1, 0.15) is 5.82 Å². The van der Waals surface area contributed by atoms with Gasteiger partial charge in [-0.3, -0.25) is 0 Å². The van der Waals surface area contributed by atoms with E-state index in [1.54, 1.807) is 12.1 Å². The SMILES string of the molecule is Fc1ccc(C2(CC3CCC4(CCCC4)O3)CNC2)cc1. The Hall–Kier alpha value is -0.930. The molecule has 0 bridgehead atoms. The smallest absolute Gasteiger partial charge is 0.123 e. The fourth-order valence-corrected chi connectivity index (χ4v) is 4.56. The maximum absolute atomic E-state index is 13.2. The predicted octanol–water partition coefficient (Wildman–Crippen LogP) is 3.55. The van der Waals surface area contributed by atoms with Gasteiger partial charge in [-0.1, -0.05) is 25.0 Å². The summed E-state index contributed by atoms with van der Waals surface area (Å²) in [6.07, 6.45) is 9.07. The number of benzene rings is 1. The molecular formula is C18H24FNO. The molecule has 1 aromatic rings. The molecule has 4 rings (SSSR count). The van der Waals surface area contributed by atoms with Gasteiger partial charge in [0, 0.05) is 18.5 Å². The first-order valence-corrected chi connectivity index (χ1v) is 8.35. The summed E-state index contributed by atoms with van der Waals surface area (Å²) in [5.41, 5.74) is 1.63. The van der Waals surface area contributed by atoms with Gasteiger partial charge in [0.2, 0.25) is 0 Å². The largest absolute Gasteiger partial charge is 0.372 e. The van der Waals surface area contributed by atoms with E-state index in [4.69, 9.17) is 4.74 Å². The minimum Gasteiger partial charge on any atom is -0.372 e. The molecule has 1 N–H and O–H groups in total. The van der Waals surface area contributed by atoms with Crippen molar-refractivity contribution in [3.05, 3.63) is 35.6 Å². The number of halogens is 1. The van der Waals surface area contributed by atoms with E-state index in [0.29, 0.717) is 6.10 Å². The fourth-order valence-electron chi connectivity index (χ4n) is 4.56. The standard InChI is InChI=1S/C18H24FNO/c19-15-5-3-14(4-6-15)17(12-20-13-17)11-16-7-10-18(21-16)8-1-2-9-18/h3-6,16,20H,1-2,7-13H2. The third-order valence-corrected chi connectivity index (χ3v) is 5.86. The molecule has 1 spiro atoms. The highest BCUT2D eigenvalue weighted by atomic mass is 19.1. The van der Waals surface area contributed by atoms with E-state index < -0.39 is 0 Å². The Kier molecular flexibility index (Phi) is 3.31. The van der Waals surface area contributed by atoms with Crippen LogP contribution in [-0.4, -0.2) is 24.8 Å². The highest BCUT2D eigenvalue weighted by Crippen LogP contribution is 2.46. The van der Waals surface area contributed by atoms with Crippen LogP contribution in [-0.2, 0) is 10.2 Å². The average Bonchev–Trinajstić information content (AvgIpc) is 3.06. The molecule has 2 saturated heterocycles. The fraction of sp³-hybridized carbons (Fsp3) is 0.667. The Morgan fingerprint density at radius 3 is 2.43 bits per heavy atom. The molecular weight excluding hydrogens is 265 g/mol. The van der Waals surface area contributed by atoms with Gasteiger partial charge in [0.25, 0.3) is 0 Å². The van der Waals surface area contributed by atoms with E-state index >= 15 is 0 Å². The summed E-state index contributed by atoms with van der Waals surface area (Å²) >= 11 is 0. The van der Waals surface area contributed by atoms with Crippen LogP contribution in [0.15, 0.2) is 24.3 Å². The van der Waals surface area contributed by atoms with Crippen molar-refractivity contribution in [1.82, 2.24) is 5.32 Å². The van der Waals surface area contributed by atoms with Gasteiger partial charge in [-0.15, -0.1) is 0 Å². The van der Waals surface area contributed by atoms with Crippen molar-refractivity contribution in [2.75, 3.05) is 13.1 Å². The van der Waals surface area contributed by atoms with Crippen LogP contribution in [0.25, 0.3) is 0 Å². The Labute approximate surface area is 126 Å². The molecule has 0 radical (unpaired) electrons. The van der Waals surface area contributed by atoms with E-state index in [9.17, 15) is 4.39 Å². The molecule has 1 aliphatic carbocycles. The highest BCUT2D eigenvalue weighted by molar-refractivity contribution is 5.30.